The van der Waals surface area contributed by atoms with Gasteiger partial charge in [-0.25, -0.2) is 4.98 Å². The van der Waals surface area contributed by atoms with Crippen molar-refractivity contribution in [3.63, 3.8) is 0 Å². The average molecular weight is 324 g/mol. The first-order valence-corrected chi connectivity index (χ1v) is 8.14. The zero-order chi connectivity index (χ0) is 13.2. The van der Waals surface area contributed by atoms with Crippen molar-refractivity contribution in [1.82, 2.24) is 9.88 Å². The summed E-state index contributed by atoms with van der Waals surface area (Å²) in [4.78, 5) is 9.68. The van der Waals surface area contributed by atoms with E-state index in [2.05, 4.69) is 43.7 Å². The van der Waals surface area contributed by atoms with Crippen LogP contribution >= 0.6 is 15.9 Å². The van der Waals surface area contributed by atoms with Gasteiger partial charge in [0.1, 0.15) is 5.82 Å². The maximum absolute atomic E-state index is 4.58. The molecule has 1 aliphatic carbocycles. The Morgan fingerprint density at radius 2 is 1.84 bits per heavy atom. The molecule has 3 nitrogen and oxygen atoms in total. The van der Waals surface area contributed by atoms with E-state index in [-0.39, 0.29) is 0 Å². The van der Waals surface area contributed by atoms with Crippen molar-refractivity contribution in [2.45, 2.75) is 38.6 Å². The lowest BCUT2D eigenvalue weighted by molar-refractivity contribution is 0.187. The van der Waals surface area contributed by atoms with Crippen molar-refractivity contribution >= 4 is 21.7 Å². The first-order valence-electron chi connectivity index (χ1n) is 7.35. The molecule has 1 aromatic rings. The molecule has 1 aliphatic heterocycles. The van der Waals surface area contributed by atoms with Gasteiger partial charge < -0.3 is 4.90 Å². The fourth-order valence-electron chi connectivity index (χ4n) is 3.33. The smallest absolute Gasteiger partial charge is 0.142 e. The van der Waals surface area contributed by atoms with Crippen molar-refractivity contribution in [2.75, 3.05) is 31.1 Å². The molecule has 0 spiro atoms. The third-order valence-electron chi connectivity index (χ3n) is 4.41. The van der Waals surface area contributed by atoms with E-state index in [0.29, 0.717) is 0 Å². The molecule has 2 heterocycles. The molecule has 1 aromatic heterocycles. The SMILES string of the molecule is Cc1cnc(N2CCN(C3CCCC3)CC2)c(Br)c1. The van der Waals surface area contributed by atoms with Gasteiger partial charge in [-0.15, -0.1) is 0 Å². The van der Waals surface area contributed by atoms with Gasteiger partial charge in [0.25, 0.3) is 0 Å². The van der Waals surface area contributed by atoms with Crippen LogP contribution in [0.4, 0.5) is 5.82 Å². The van der Waals surface area contributed by atoms with Crippen LogP contribution in [-0.4, -0.2) is 42.1 Å². The molecule has 0 bridgehead atoms. The minimum atomic E-state index is 0.858. The summed E-state index contributed by atoms with van der Waals surface area (Å²) in [6.45, 7) is 6.66. The van der Waals surface area contributed by atoms with Crippen molar-refractivity contribution in [3.8, 4) is 0 Å². The average Bonchev–Trinajstić information content (AvgIpc) is 2.93. The summed E-state index contributed by atoms with van der Waals surface area (Å²) in [7, 11) is 0. The summed E-state index contributed by atoms with van der Waals surface area (Å²) in [5, 5.41) is 0. The van der Waals surface area contributed by atoms with E-state index in [1.165, 1.54) is 44.3 Å². The number of rotatable bonds is 2. The molecule has 0 atom stereocenters. The molecule has 2 fully saturated rings. The quantitative estimate of drug-likeness (QED) is 0.833. The molecule has 1 saturated carbocycles. The first-order chi connectivity index (χ1) is 9.24. The van der Waals surface area contributed by atoms with Crippen LogP contribution in [0.2, 0.25) is 0 Å². The number of hydrogen-bond acceptors (Lipinski definition) is 3. The van der Waals surface area contributed by atoms with Gasteiger partial charge >= 0.3 is 0 Å². The van der Waals surface area contributed by atoms with Crippen LogP contribution in [0.15, 0.2) is 16.7 Å². The summed E-state index contributed by atoms with van der Waals surface area (Å²) in [5.41, 5.74) is 1.21. The molecular formula is C15H22BrN3. The summed E-state index contributed by atoms with van der Waals surface area (Å²) in [5.74, 6) is 1.11. The van der Waals surface area contributed by atoms with Gasteiger partial charge in [0.2, 0.25) is 0 Å². The van der Waals surface area contributed by atoms with Gasteiger partial charge in [0.05, 0.1) is 4.47 Å². The van der Waals surface area contributed by atoms with Gasteiger partial charge in [-0.3, -0.25) is 4.90 Å². The highest BCUT2D eigenvalue weighted by atomic mass is 79.9. The summed E-state index contributed by atoms with van der Waals surface area (Å²) < 4.78 is 1.13. The predicted molar refractivity (Wildman–Crippen MR) is 82.7 cm³/mol. The highest BCUT2D eigenvalue weighted by Gasteiger charge is 2.26. The van der Waals surface area contributed by atoms with Gasteiger partial charge in [0.15, 0.2) is 0 Å². The Labute approximate surface area is 124 Å². The van der Waals surface area contributed by atoms with E-state index in [1.807, 2.05) is 6.20 Å². The standard InChI is InChI=1S/C15H22BrN3/c1-12-10-14(16)15(17-11-12)19-8-6-18(7-9-19)13-4-2-3-5-13/h10-11,13H,2-9H2,1H3. The van der Waals surface area contributed by atoms with Gasteiger partial charge in [-0.1, -0.05) is 12.8 Å². The number of aromatic nitrogens is 1. The molecule has 0 aromatic carbocycles. The second-order valence-electron chi connectivity index (χ2n) is 5.78. The largest absolute Gasteiger partial charge is 0.353 e. The number of anilines is 1. The molecule has 3 rings (SSSR count). The lowest BCUT2D eigenvalue weighted by atomic mass is 10.2. The second kappa shape index (κ2) is 5.80. The second-order valence-corrected chi connectivity index (χ2v) is 6.63. The van der Waals surface area contributed by atoms with Crippen LogP contribution in [0.5, 0.6) is 0 Å². The number of aryl methyl sites for hydroxylation is 1. The zero-order valence-electron chi connectivity index (χ0n) is 11.6. The van der Waals surface area contributed by atoms with E-state index < -0.39 is 0 Å². The summed E-state index contributed by atoms with van der Waals surface area (Å²) in [6, 6.07) is 3.02. The Kier molecular flexibility index (Phi) is 4.08. The maximum atomic E-state index is 4.58. The summed E-state index contributed by atoms with van der Waals surface area (Å²) in [6.07, 6.45) is 7.63. The number of piperazine rings is 1. The minimum Gasteiger partial charge on any atom is -0.353 e. The lowest BCUT2D eigenvalue weighted by Gasteiger charge is -2.38. The third-order valence-corrected chi connectivity index (χ3v) is 5.00. The van der Waals surface area contributed by atoms with E-state index in [9.17, 15) is 0 Å². The molecule has 19 heavy (non-hydrogen) atoms. The van der Waals surface area contributed by atoms with Crippen molar-refractivity contribution in [2.24, 2.45) is 0 Å². The van der Waals surface area contributed by atoms with Crippen molar-refractivity contribution in [1.29, 1.82) is 0 Å². The maximum Gasteiger partial charge on any atom is 0.142 e. The van der Waals surface area contributed by atoms with E-state index in [0.717, 1.165) is 29.4 Å². The Bertz CT molecular complexity index is 435. The van der Waals surface area contributed by atoms with Crippen LogP contribution in [0.3, 0.4) is 0 Å². The van der Waals surface area contributed by atoms with E-state index in [1.54, 1.807) is 0 Å². The van der Waals surface area contributed by atoms with Crippen LogP contribution in [0.25, 0.3) is 0 Å². The third kappa shape index (κ3) is 2.95. The van der Waals surface area contributed by atoms with E-state index in [4.69, 9.17) is 0 Å². The minimum absolute atomic E-state index is 0.858. The van der Waals surface area contributed by atoms with Gasteiger partial charge in [0, 0.05) is 38.4 Å². The molecular weight excluding hydrogens is 302 g/mol. The lowest BCUT2D eigenvalue weighted by Crippen LogP contribution is -2.50. The molecule has 2 aliphatic rings. The Balaban J connectivity index is 1.63. The molecule has 0 unspecified atom stereocenters. The first kappa shape index (κ1) is 13.4. The fraction of sp³-hybridized carbons (Fsp3) is 0.667. The number of halogens is 1. The van der Waals surface area contributed by atoms with Crippen molar-refractivity contribution in [3.05, 3.63) is 22.3 Å². The van der Waals surface area contributed by atoms with E-state index >= 15 is 0 Å². The monoisotopic (exact) mass is 323 g/mol. The molecule has 0 amide bonds. The van der Waals surface area contributed by atoms with Crippen LogP contribution < -0.4 is 4.90 Å². The molecule has 0 N–H and O–H groups in total. The van der Waals surface area contributed by atoms with Gasteiger partial charge in [-0.05, 0) is 47.3 Å². The molecule has 4 heteroatoms. The Morgan fingerprint density at radius 1 is 1.16 bits per heavy atom. The van der Waals surface area contributed by atoms with Crippen molar-refractivity contribution < 1.29 is 0 Å². The zero-order valence-corrected chi connectivity index (χ0v) is 13.2. The Morgan fingerprint density at radius 3 is 2.47 bits per heavy atom. The number of pyridine rings is 1. The number of hydrogen-bond donors (Lipinski definition) is 0. The fourth-order valence-corrected chi connectivity index (χ4v) is 4.04. The topological polar surface area (TPSA) is 19.4 Å². The molecule has 0 radical (unpaired) electrons. The highest BCUT2D eigenvalue weighted by Crippen LogP contribution is 2.28. The summed E-state index contributed by atoms with van der Waals surface area (Å²) >= 11 is 3.65. The van der Waals surface area contributed by atoms with Crippen LogP contribution in [0.1, 0.15) is 31.2 Å². The molecule has 1 saturated heterocycles. The Hall–Kier alpha value is -0.610. The van der Waals surface area contributed by atoms with Crippen LogP contribution in [-0.2, 0) is 0 Å². The predicted octanol–water partition coefficient (Wildman–Crippen LogP) is 3.22. The normalized spacial score (nSPS) is 22.1. The van der Waals surface area contributed by atoms with Crippen LogP contribution in [0, 0.1) is 6.92 Å². The number of nitrogens with zero attached hydrogens (tertiary/aromatic N) is 3. The van der Waals surface area contributed by atoms with Gasteiger partial charge in [-0.2, -0.15) is 0 Å². The molecule has 104 valence electrons. The highest BCUT2D eigenvalue weighted by molar-refractivity contribution is 9.10.